The minimum atomic E-state index is -0.145. The van der Waals surface area contributed by atoms with Crippen LogP contribution in [0.3, 0.4) is 0 Å². The van der Waals surface area contributed by atoms with Crippen molar-refractivity contribution in [3.05, 3.63) is 47.2 Å². The van der Waals surface area contributed by atoms with Crippen LogP contribution < -0.4 is 10.1 Å². The Bertz CT molecular complexity index is 912. The minimum absolute atomic E-state index is 0.00308. The van der Waals surface area contributed by atoms with Gasteiger partial charge in [0.15, 0.2) is 5.82 Å². The van der Waals surface area contributed by atoms with Gasteiger partial charge in [0, 0.05) is 37.8 Å². The predicted octanol–water partition coefficient (Wildman–Crippen LogP) is 1.54. The number of benzene rings is 1. The molecule has 0 radical (unpaired) electrons. The number of hydrogen-bond donors (Lipinski definition) is 1. The quantitative estimate of drug-likeness (QED) is 0.863. The van der Waals surface area contributed by atoms with Crippen LogP contribution in [-0.2, 0) is 9.59 Å². The molecule has 1 fully saturated rings. The lowest BCUT2D eigenvalue weighted by Gasteiger charge is -2.35. The van der Waals surface area contributed by atoms with Crippen molar-refractivity contribution in [1.82, 2.24) is 15.0 Å². The number of para-hydroxylation sites is 1. The van der Waals surface area contributed by atoms with E-state index in [9.17, 15) is 9.59 Å². The molecule has 1 aromatic carbocycles. The molecular formula is C20H22N4O4. The van der Waals surface area contributed by atoms with Gasteiger partial charge in [-0.25, -0.2) is 0 Å². The standard InChI is InChI=1S/C20H22N4O4/c1-14-10-18(22-28-14)21-19(25)12-23-6-8-24(9-7-23)20(26)16-11-15-4-2-3-5-17(15)27-13-16/h2-5,10-11H,6-9,12-13H2,1H3,(H,21,22,25). The molecule has 2 aliphatic rings. The average Bonchev–Trinajstić information content (AvgIpc) is 3.12. The smallest absolute Gasteiger partial charge is 0.253 e. The molecule has 1 saturated heterocycles. The first-order valence-corrected chi connectivity index (χ1v) is 9.26. The molecule has 2 aliphatic heterocycles. The number of nitrogens with zero attached hydrogens (tertiary/aromatic N) is 3. The summed E-state index contributed by atoms with van der Waals surface area (Å²) in [4.78, 5) is 28.8. The lowest BCUT2D eigenvalue weighted by Crippen LogP contribution is -2.51. The van der Waals surface area contributed by atoms with E-state index >= 15 is 0 Å². The summed E-state index contributed by atoms with van der Waals surface area (Å²) in [7, 11) is 0. The third-order valence-electron chi connectivity index (χ3n) is 4.83. The fourth-order valence-corrected chi connectivity index (χ4v) is 3.36. The molecule has 1 aromatic heterocycles. The number of carbonyl (C=O) groups excluding carboxylic acids is 2. The summed E-state index contributed by atoms with van der Waals surface area (Å²) in [6.07, 6.45) is 1.90. The molecule has 0 aliphatic carbocycles. The van der Waals surface area contributed by atoms with E-state index in [2.05, 4.69) is 10.5 Å². The summed E-state index contributed by atoms with van der Waals surface area (Å²) < 4.78 is 10.6. The average molecular weight is 382 g/mol. The number of rotatable bonds is 4. The van der Waals surface area contributed by atoms with Crippen LogP contribution in [0.4, 0.5) is 5.82 Å². The summed E-state index contributed by atoms with van der Waals surface area (Å²) in [5, 5.41) is 6.47. The number of hydrogen-bond acceptors (Lipinski definition) is 6. The monoisotopic (exact) mass is 382 g/mol. The maximum atomic E-state index is 12.8. The van der Waals surface area contributed by atoms with E-state index in [-0.39, 0.29) is 25.0 Å². The number of aromatic nitrogens is 1. The minimum Gasteiger partial charge on any atom is -0.488 e. The molecule has 28 heavy (non-hydrogen) atoms. The van der Waals surface area contributed by atoms with E-state index in [0.717, 1.165) is 11.3 Å². The summed E-state index contributed by atoms with van der Waals surface area (Å²) in [6.45, 7) is 4.75. The molecule has 4 rings (SSSR count). The molecule has 1 N–H and O–H groups in total. The van der Waals surface area contributed by atoms with Crippen LogP contribution in [0.1, 0.15) is 11.3 Å². The Hall–Kier alpha value is -3.13. The zero-order valence-corrected chi connectivity index (χ0v) is 15.7. The number of aryl methyl sites for hydroxylation is 1. The lowest BCUT2D eigenvalue weighted by atomic mass is 10.1. The van der Waals surface area contributed by atoms with Gasteiger partial charge in [-0.15, -0.1) is 0 Å². The van der Waals surface area contributed by atoms with E-state index in [1.807, 2.05) is 40.1 Å². The van der Waals surface area contributed by atoms with Crippen molar-refractivity contribution in [2.45, 2.75) is 6.92 Å². The van der Waals surface area contributed by atoms with Crippen LogP contribution in [0, 0.1) is 6.92 Å². The third kappa shape index (κ3) is 4.07. The van der Waals surface area contributed by atoms with Crippen molar-refractivity contribution < 1.29 is 18.8 Å². The third-order valence-corrected chi connectivity index (χ3v) is 4.83. The van der Waals surface area contributed by atoms with E-state index in [1.54, 1.807) is 13.0 Å². The first-order valence-electron chi connectivity index (χ1n) is 9.26. The molecule has 146 valence electrons. The second-order valence-electron chi connectivity index (χ2n) is 6.94. The number of carbonyl (C=O) groups is 2. The highest BCUT2D eigenvalue weighted by Crippen LogP contribution is 2.26. The van der Waals surface area contributed by atoms with Gasteiger partial charge in [-0.1, -0.05) is 23.4 Å². The van der Waals surface area contributed by atoms with Crippen molar-refractivity contribution in [3.63, 3.8) is 0 Å². The van der Waals surface area contributed by atoms with E-state index < -0.39 is 0 Å². The van der Waals surface area contributed by atoms with Crippen LogP contribution in [0.15, 0.2) is 40.4 Å². The summed E-state index contributed by atoms with van der Waals surface area (Å²) >= 11 is 0. The van der Waals surface area contributed by atoms with Gasteiger partial charge in [-0.3, -0.25) is 14.5 Å². The zero-order chi connectivity index (χ0) is 19.5. The Morgan fingerprint density at radius 3 is 2.71 bits per heavy atom. The Morgan fingerprint density at radius 2 is 1.96 bits per heavy atom. The van der Waals surface area contributed by atoms with Gasteiger partial charge in [-0.2, -0.15) is 0 Å². The Morgan fingerprint density at radius 1 is 1.18 bits per heavy atom. The fourth-order valence-electron chi connectivity index (χ4n) is 3.36. The second kappa shape index (κ2) is 7.85. The molecular weight excluding hydrogens is 360 g/mol. The van der Waals surface area contributed by atoms with Crippen LogP contribution in [0.2, 0.25) is 0 Å². The van der Waals surface area contributed by atoms with Crippen LogP contribution >= 0.6 is 0 Å². The first kappa shape index (κ1) is 18.2. The van der Waals surface area contributed by atoms with Gasteiger partial charge in [-0.05, 0) is 19.1 Å². The highest BCUT2D eigenvalue weighted by molar-refractivity contribution is 5.99. The maximum Gasteiger partial charge on any atom is 0.253 e. The normalized spacial score (nSPS) is 16.8. The van der Waals surface area contributed by atoms with Crippen LogP contribution in [0.5, 0.6) is 5.75 Å². The molecule has 8 heteroatoms. The molecule has 3 heterocycles. The van der Waals surface area contributed by atoms with Crippen molar-refractivity contribution in [1.29, 1.82) is 0 Å². The summed E-state index contributed by atoms with van der Waals surface area (Å²) in [5.74, 6) is 1.72. The van der Waals surface area contributed by atoms with Crippen molar-refractivity contribution in [2.24, 2.45) is 0 Å². The molecule has 2 aromatic rings. The fraction of sp³-hybridized carbons (Fsp3) is 0.350. The number of amides is 2. The van der Waals surface area contributed by atoms with Gasteiger partial charge < -0.3 is 19.5 Å². The molecule has 8 nitrogen and oxygen atoms in total. The van der Waals surface area contributed by atoms with E-state index in [4.69, 9.17) is 9.26 Å². The predicted molar refractivity (Wildman–Crippen MR) is 103 cm³/mol. The first-order chi connectivity index (χ1) is 13.6. The number of nitrogens with one attached hydrogen (secondary N) is 1. The zero-order valence-electron chi connectivity index (χ0n) is 15.7. The van der Waals surface area contributed by atoms with Gasteiger partial charge in [0.25, 0.3) is 5.91 Å². The highest BCUT2D eigenvalue weighted by Gasteiger charge is 2.26. The Labute approximate surface area is 162 Å². The number of ether oxygens (including phenoxy) is 1. The molecule has 0 unspecified atom stereocenters. The molecule has 0 saturated carbocycles. The largest absolute Gasteiger partial charge is 0.488 e. The van der Waals surface area contributed by atoms with E-state index in [0.29, 0.717) is 43.3 Å². The number of piperazine rings is 1. The topological polar surface area (TPSA) is 87.9 Å². The van der Waals surface area contributed by atoms with E-state index in [1.165, 1.54) is 0 Å². The van der Waals surface area contributed by atoms with Gasteiger partial charge in [0.1, 0.15) is 18.1 Å². The SMILES string of the molecule is Cc1cc(NC(=O)CN2CCN(C(=O)C3=Cc4ccccc4OC3)CC2)no1. The van der Waals surface area contributed by atoms with Gasteiger partial charge in [0.2, 0.25) is 5.91 Å². The molecule has 2 amide bonds. The maximum absolute atomic E-state index is 12.8. The number of anilines is 1. The second-order valence-corrected chi connectivity index (χ2v) is 6.94. The molecule has 0 bridgehead atoms. The highest BCUT2D eigenvalue weighted by atomic mass is 16.5. The van der Waals surface area contributed by atoms with Crippen LogP contribution in [-0.4, -0.2) is 66.1 Å². The molecule has 0 atom stereocenters. The summed E-state index contributed by atoms with van der Waals surface area (Å²) in [5.41, 5.74) is 1.58. The lowest BCUT2D eigenvalue weighted by molar-refractivity contribution is -0.129. The summed E-state index contributed by atoms with van der Waals surface area (Å²) in [6, 6.07) is 9.35. The van der Waals surface area contributed by atoms with Crippen molar-refractivity contribution >= 4 is 23.7 Å². The number of fused-ring (bicyclic) bond motifs is 1. The molecule has 0 spiro atoms. The van der Waals surface area contributed by atoms with Gasteiger partial charge in [0.05, 0.1) is 12.1 Å². The Kier molecular flexibility index (Phi) is 5.12. The van der Waals surface area contributed by atoms with Gasteiger partial charge >= 0.3 is 0 Å². The van der Waals surface area contributed by atoms with Crippen LogP contribution in [0.25, 0.3) is 6.08 Å². The van der Waals surface area contributed by atoms with Crippen molar-refractivity contribution in [3.8, 4) is 5.75 Å². The Balaban J connectivity index is 1.29. The van der Waals surface area contributed by atoms with Crippen molar-refractivity contribution in [2.75, 3.05) is 44.6 Å².